The van der Waals surface area contributed by atoms with Crippen LogP contribution in [-0.2, 0) is 4.84 Å². The molecule has 1 aromatic carbocycles. The van der Waals surface area contributed by atoms with Crippen LogP contribution in [0.5, 0.6) is 0 Å². The second kappa shape index (κ2) is 4.08. The van der Waals surface area contributed by atoms with Crippen LogP contribution in [0.4, 0.5) is 0 Å². The molecule has 0 aliphatic heterocycles. The van der Waals surface area contributed by atoms with Crippen LogP contribution in [0.25, 0.3) is 0 Å². The second-order valence-electron chi connectivity index (χ2n) is 3.85. The zero-order chi connectivity index (χ0) is 9.73. The number of benzene rings is 1. The maximum Gasteiger partial charge on any atom is 0.129 e. The third-order valence-electron chi connectivity index (χ3n) is 1.33. The maximum atomic E-state index is 5.20. The van der Waals surface area contributed by atoms with Crippen LogP contribution in [-0.4, -0.2) is 11.8 Å². The van der Waals surface area contributed by atoms with E-state index in [1.807, 2.05) is 51.1 Å². The Morgan fingerprint density at radius 1 is 1.15 bits per heavy atom. The molecule has 0 spiro atoms. The van der Waals surface area contributed by atoms with Crippen molar-refractivity contribution in [1.82, 2.24) is 0 Å². The van der Waals surface area contributed by atoms with Crippen LogP contribution < -0.4 is 0 Å². The van der Waals surface area contributed by atoms with Gasteiger partial charge in [0.05, 0.1) is 6.21 Å². The molecule has 0 atom stereocenters. The first kappa shape index (κ1) is 9.78. The molecule has 0 N–H and O–H groups in total. The Kier molecular flexibility index (Phi) is 3.07. The zero-order valence-corrected chi connectivity index (χ0v) is 8.32. The van der Waals surface area contributed by atoms with Crippen molar-refractivity contribution in [2.24, 2.45) is 5.16 Å². The third-order valence-corrected chi connectivity index (χ3v) is 1.33. The Labute approximate surface area is 79.2 Å². The van der Waals surface area contributed by atoms with Crippen molar-refractivity contribution in [3.05, 3.63) is 35.9 Å². The predicted molar refractivity (Wildman–Crippen MR) is 54.9 cm³/mol. The van der Waals surface area contributed by atoms with E-state index < -0.39 is 0 Å². The quantitative estimate of drug-likeness (QED) is 0.503. The fraction of sp³-hybridized carbons (Fsp3) is 0.364. The summed E-state index contributed by atoms with van der Waals surface area (Å²) in [5.41, 5.74) is 0.831. The van der Waals surface area contributed by atoms with Gasteiger partial charge in [-0.3, -0.25) is 0 Å². The monoisotopic (exact) mass is 177 g/mol. The Morgan fingerprint density at radius 3 is 2.31 bits per heavy atom. The molecule has 70 valence electrons. The molecule has 1 aromatic rings. The van der Waals surface area contributed by atoms with Crippen molar-refractivity contribution in [2.75, 3.05) is 0 Å². The van der Waals surface area contributed by atoms with Gasteiger partial charge >= 0.3 is 0 Å². The molecule has 0 radical (unpaired) electrons. The average molecular weight is 177 g/mol. The van der Waals surface area contributed by atoms with E-state index in [-0.39, 0.29) is 5.60 Å². The first-order chi connectivity index (χ1) is 6.08. The van der Waals surface area contributed by atoms with Gasteiger partial charge in [-0.15, -0.1) is 0 Å². The molecule has 0 fully saturated rings. The van der Waals surface area contributed by atoms with E-state index >= 15 is 0 Å². The highest BCUT2D eigenvalue weighted by Crippen LogP contribution is 2.06. The van der Waals surface area contributed by atoms with Crippen molar-refractivity contribution in [1.29, 1.82) is 0 Å². The fourth-order valence-electron chi connectivity index (χ4n) is 0.784. The van der Waals surface area contributed by atoms with Gasteiger partial charge in [-0.05, 0) is 26.3 Å². The van der Waals surface area contributed by atoms with Crippen molar-refractivity contribution in [3.63, 3.8) is 0 Å². The van der Waals surface area contributed by atoms with E-state index in [0.717, 1.165) is 5.56 Å². The zero-order valence-electron chi connectivity index (χ0n) is 8.32. The van der Waals surface area contributed by atoms with Gasteiger partial charge in [0.1, 0.15) is 5.60 Å². The SMILES string of the molecule is CC(C)(C)O/N=C/c1ccccc1. The average Bonchev–Trinajstić information content (AvgIpc) is 2.04. The molecular weight excluding hydrogens is 162 g/mol. The fourth-order valence-corrected chi connectivity index (χ4v) is 0.784. The summed E-state index contributed by atoms with van der Waals surface area (Å²) in [6.07, 6.45) is 1.71. The van der Waals surface area contributed by atoms with Gasteiger partial charge in [-0.1, -0.05) is 35.5 Å². The van der Waals surface area contributed by atoms with Gasteiger partial charge in [-0.25, -0.2) is 0 Å². The van der Waals surface area contributed by atoms with E-state index in [4.69, 9.17) is 4.84 Å². The Bertz CT molecular complexity index is 272. The minimum absolute atomic E-state index is 0.217. The lowest BCUT2D eigenvalue weighted by Gasteiger charge is -2.14. The first-order valence-electron chi connectivity index (χ1n) is 4.34. The maximum absolute atomic E-state index is 5.20. The van der Waals surface area contributed by atoms with Crippen LogP contribution in [0.3, 0.4) is 0 Å². The number of hydrogen-bond acceptors (Lipinski definition) is 2. The van der Waals surface area contributed by atoms with Gasteiger partial charge in [-0.2, -0.15) is 0 Å². The normalized spacial score (nSPS) is 11.9. The van der Waals surface area contributed by atoms with Gasteiger partial charge in [0.2, 0.25) is 0 Å². The highest BCUT2D eigenvalue weighted by molar-refractivity contribution is 5.78. The van der Waals surface area contributed by atoms with Gasteiger partial charge in [0, 0.05) is 0 Å². The topological polar surface area (TPSA) is 21.6 Å². The second-order valence-corrected chi connectivity index (χ2v) is 3.85. The van der Waals surface area contributed by atoms with E-state index in [0.29, 0.717) is 0 Å². The summed E-state index contributed by atoms with van der Waals surface area (Å²) in [5, 5.41) is 3.89. The lowest BCUT2D eigenvalue weighted by atomic mass is 10.2. The Balaban J connectivity index is 2.51. The third kappa shape index (κ3) is 4.31. The number of rotatable bonds is 2. The molecule has 0 bridgehead atoms. The van der Waals surface area contributed by atoms with Crippen LogP contribution >= 0.6 is 0 Å². The van der Waals surface area contributed by atoms with Crippen LogP contribution in [0.15, 0.2) is 35.5 Å². The van der Waals surface area contributed by atoms with Crippen molar-refractivity contribution in [2.45, 2.75) is 26.4 Å². The molecule has 0 unspecified atom stereocenters. The summed E-state index contributed by atoms with van der Waals surface area (Å²) < 4.78 is 0. The minimum atomic E-state index is -0.217. The number of nitrogens with zero attached hydrogens (tertiary/aromatic N) is 1. The highest BCUT2D eigenvalue weighted by atomic mass is 16.6. The number of hydrogen-bond donors (Lipinski definition) is 0. The smallest absolute Gasteiger partial charge is 0.129 e. The molecule has 0 saturated carbocycles. The molecule has 0 aliphatic rings. The molecule has 0 aliphatic carbocycles. The van der Waals surface area contributed by atoms with E-state index in [2.05, 4.69) is 5.16 Å². The molecule has 2 nitrogen and oxygen atoms in total. The summed E-state index contributed by atoms with van der Waals surface area (Å²) in [6, 6.07) is 9.88. The molecule has 0 saturated heterocycles. The summed E-state index contributed by atoms with van der Waals surface area (Å²) in [5.74, 6) is 0. The summed E-state index contributed by atoms with van der Waals surface area (Å²) in [6.45, 7) is 5.90. The predicted octanol–water partition coefficient (Wildman–Crippen LogP) is 2.84. The molecular formula is C11H15NO. The lowest BCUT2D eigenvalue weighted by molar-refractivity contribution is 0.00199. The Morgan fingerprint density at radius 2 is 1.77 bits per heavy atom. The molecule has 13 heavy (non-hydrogen) atoms. The molecule has 0 heterocycles. The summed E-state index contributed by atoms with van der Waals surface area (Å²) in [4.78, 5) is 5.20. The lowest BCUT2D eigenvalue weighted by Crippen LogP contribution is -2.15. The Hall–Kier alpha value is -1.31. The van der Waals surface area contributed by atoms with E-state index in [1.165, 1.54) is 0 Å². The van der Waals surface area contributed by atoms with Gasteiger partial charge in [0.15, 0.2) is 0 Å². The van der Waals surface area contributed by atoms with Crippen LogP contribution in [0.2, 0.25) is 0 Å². The van der Waals surface area contributed by atoms with Crippen LogP contribution in [0.1, 0.15) is 26.3 Å². The molecule has 1 rings (SSSR count). The molecule has 0 aromatic heterocycles. The van der Waals surface area contributed by atoms with E-state index in [1.54, 1.807) is 6.21 Å². The molecule has 0 amide bonds. The van der Waals surface area contributed by atoms with E-state index in [9.17, 15) is 0 Å². The molecule has 2 heteroatoms. The van der Waals surface area contributed by atoms with Crippen molar-refractivity contribution >= 4 is 6.21 Å². The largest absolute Gasteiger partial charge is 0.390 e. The summed E-state index contributed by atoms with van der Waals surface area (Å²) >= 11 is 0. The first-order valence-corrected chi connectivity index (χ1v) is 4.34. The van der Waals surface area contributed by atoms with Crippen molar-refractivity contribution in [3.8, 4) is 0 Å². The van der Waals surface area contributed by atoms with Gasteiger partial charge in [0.25, 0.3) is 0 Å². The van der Waals surface area contributed by atoms with Crippen LogP contribution in [0, 0.1) is 0 Å². The van der Waals surface area contributed by atoms with Gasteiger partial charge < -0.3 is 4.84 Å². The summed E-state index contributed by atoms with van der Waals surface area (Å²) in [7, 11) is 0. The minimum Gasteiger partial charge on any atom is -0.390 e. The number of oxime groups is 1. The standard InChI is InChI=1S/C11H15NO/c1-11(2,3)13-12-9-10-7-5-4-6-8-10/h4-9H,1-3H3/b12-9+. The van der Waals surface area contributed by atoms with Crippen molar-refractivity contribution < 1.29 is 4.84 Å². The highest BCUT2D eigenvalue weighted by Gasteiger charge is 2.08.